The molecule has 1 fully saturated rings. The van der Waals surface area contributed by atoms with Crippen molar-refractivity contribution in [2.45, 2.75) is 13.3 Å². The number of hydrogen-bond acceptors (Lipinski definition) is 2. The fourth-order valence-electron chi connectivity index (χ4n) is 2.22. The number of rotatable bonds is 4. The molecule has 2 aromatic carbocycles. The molecule has 1 aliphatic rings. The Kier molecular flexibility index (Phi) is 3.84. The molecule has 3 rings (SSSR count). The van der Waals surface area contributed by atoms with Crippen LogP contribution in [0.4, 0.5) is 5.69 Å². The van der Waals surface area contributed by atoms with Gasteiger partial charge in [-0.15, -0.1) is 0 Å². The van der Waals surface area contributed by atoms with Crippen molar-refractivity contribution in [2.24, 2.45) is 11.8 Å². The number of para-hydroxylation sites is 3. The highest BCUT2D eigenvalue weighted by Crippen LogP contribution is 2.40. The Bertz CT molecular complexity index is 671. The monoisotopic (exact) mass is 301 g/mol. The number of hydrogen-bond donors (Lipinski definition) is 1. The summed E-state index contributed by atoms with van der Waals surface area (Å²) in [4.78, 5) is 12.1. The van der Waals surface area contributed by atoms with E-state index in [0.717, 1.165) is 6.42 Å². The van der Waals surface area contributed by atoms with Gasteiger partial charge >= 0.3 is 0 Å². The number of benzene rings is 2. The van der Waals surface area contributed by atoms with E-state index in [1.165, 1.54) is 0 Å². The molecule has 0 radical (unpaired) electrons. The number of ether oxygens (including phenoxy) is 1. The minimum Gasteiger partial charge on any atom is -0.454 e. The van der Waals surface area contributed by atoms with Crippen molar-refractivity contribution >= 4 is 23.2 Å². The summed E-state index contributed by atoms with van der Waals surface area (Å²) in [5, 5.41) is 3.47. The molecule has 1 saturated carbocycles. The Balaban J connectivity index is 1.79. The van der Waals surface area contributed by atoms with Crippen LogP contribution in [0.3, 0.4) is 0 Å². The first kappa shape index (κ1) is 14.0. The summed E-state index contributed by atoms with van der Waals surface area (Å²) in [6, 6.07) is 14.6. The van der Waals surface area contributed by atoms with E-state index in [1.54, 1.807) is 12.1 Å². The van der Waals surface area contributed by atoms with Gasteiger partial charge in [0.25, 0.3) is 0 Å². The third kappa shape index (κ3) is 3.19. The standard InChI is InChI=1S/C17H16ClNO2/c1-11-10-12(11)17(20)19-14-7-3-5-9-16(14)21-15-8-4-2-6-13(15)18/h2-9,11-12H,10H2,1H3,(H,19,20)/t11-,12+/m1/s1. The van der Waals surface area contributed by atoms with E-state index in [1.807, 2.05) is 36.4 Å². The predicted octanol–water partition coefficient (Wildman–Crippen LogP) is 4.73. The van der Waals surface area contributed by atoms with Crippen LogP contribution in [0.5, 0.6) is 11.5 Å². The molecule has 0 aliphatic heterocycles. The Hall–Kier alpha value is -2.00. The summed E-state index contributed by atoms with van der Waals surface area (Å²) in [6.45, 7) is 2.08. The molecule has 0 bridgehead atoms. The minimum atomic E-state index is 0.0534. The average molecular weight is 302 g/mol. The average Bonchev–Trinajstić information content (AvgIpc) is 3.20. The van der Waals surface area contributed by atoms with E-state index in [9.17, 15) is 4.79 Å². The second-order valence-electron chi connectivity index (χ2n) is 5.34. The molecule has 0 heterocycles. The van der Waals surface area contributed by atoms with Crippen molar-refractivity contribution in [3.8, 4) is 11.5 Å². The molecule has 1 aliphatic carbocycles. The summed E-state index contributed by atoms with van der Waals surface area (Å²) < 4.78 is 5.82. The second-order valence-corrected chi connectivity index (χ2v) is 5.74. The van der Waals surface area contributed by atoms with E-state index >= 15 is 0 Å². The molecule has 0 aromatic heterocycles. The summed E-state index contributed by atoms with van der Waals surface area (Å²) in [5.74, 6) is 1.81. The summed E-state index contributed by atoms with van der Waals surface area (Å²) >= 11 is 6.10. The van der Waals surface area contributed by atoms with E-state index < -0.39 is 0 Å². The van der Waals surface area contributed by atoms with Crippen LogP contribution in [-0.2, 0) is 4.79 Å². The maximum Gasteiger partial charge on any atom is 0.227 e. The summed E-state index contributed by atoms with van der Waals surface area (Å²) in [6.07, 6.45) is 0.958. The molecule has 3 nitrogen and oxygen atoms in total. The van der Waals surface area contributed by atoms with Crippen LogP contribution in [0.2, 0.25) is 5.02 Å². The largest absolute Gasteiger partial charge is 0.454 e. The van der Waals surface area contributed by atoms with E-state index in [4.69, 9.17) is 16.3 Å². The fourth-order valence-corrected chi connectivity index (χ4v) is 2.39. The van der Waals surface area contributed by atoms with Gasteiger partial charge in [0.15, 0.2) is 5.75 Å². The first-order chi connectivity index (χ1) is 10.1. The predicted molar refractivity (Wildman–Crippen MR) is 83.9 cm³/mol. The molecule has 2 atom stereocenters. The van der Waals surface area contributed by atoms with Crippen LogP contribution < -0.4 is 10.1 Å². The maximum atomic E-state index is 12.1. The molecule has 108 valence electrons. The Morgan fingerprint density at radius 2 is 1.76 bits per heavy atom. The topological polar surface area (TPSA) is 38.3 Å². The van der Waals surface area contributed by atoms with Gasteiger partial charge in [0, 0.05) is 5.92 Å². The number of carbonyl (C=O) groups is 1. The molecule has 1 N–H and O–H groups in total. The molecular formula is C17H16ClNO2. The van der Waals surface area contributed by atoms with Gasteiger partial charge in [-0.2, -0.15) is 0 Å². The van der Waals surface area contributed by atoms with Gasteiger partial charge in [-0.25, -0.2) is 0 Å². The number of halogens is 1. The minimum absolute atomic E-state index is 0.0534. The first-order valence-electron chi connectivity index (χ1n) is 6.97. The lowest BCUT2D eigenvalue weighted by molar-refractivity contribution is -0.117. The lowest BCUT2D eigenvalue weighted by Gasteiger charge is -2.13. The zero-order valence-electron chi connectivity index (χ0n) is 11.7. The normalized spacial score (nSPS) is 19.9. The molecule has 0 unspecified atom stereocenters. The van der Waals surface area contributed by atoms with Gasteiger partial charge in [0.2, 0.25) is 5.91 Å². The SMILES string of the molecule is C[C@@H]1C[C@@H]1C(=O)Nc1ccccc1Oc1ccccc1Cl. The van der Waals surface area contributed by atoms with Gasteiger partial charge in [-0.05, 0) is 36.6 Å². The molecule has 21 heavy (non-hydrogen) atoms. The Morgan fingerprint density at radius 1 is 1.14 bits per heavy atom. The number of carbonyl (C=O) groups excluding carboxylic acids is 1. The van der Waals surface area contributed by atoms with Gasteiger partial charge in [-0.1, -0.05) is 42.8 Å². The molecule has 4 heteroatoms. The van der Waals surface area contributed by atoms with Crippen molar-refractivity contribution < 1.29 is 9.53 Å². The van der Waals surface area contributed by atoms with Crippen LogP contribution in [-0.4, -0.2) is 5.91 Å². The van der Waals surface area contributed by atoms with Crippen LogP contribution in [0, 0.1) is 11.8 Å². The van der Waals surface area contributed by atoms with Crippen molar-refractivity contribution in [3.63, 3.8) is 0 Å². The molecular weight excluding hydrogens is 286 g/mol. The molecule has 2 aromatic rings. The number of anilines is 1. The zero-order chi connectivity index (χ0) is 14.8. The lowest BCUT2D eigenvalue weighted by Crippen LogP contribution is -2.14. The lowest BCUT2D eigenvalue weighted by atomic mass is 10.2. The molecule has 0 spiro atoms. The summed E-state index contributed by atoms with van der Waals surface area (Å²) in [7, 11) is 0. The van der Waals surface area contributed by atoms with Crippen molar-refractivity contribution in [3.05, 3.63) is 53.6 Å². The maximum absolute atomic E-state index is 12.1. The van der Waals surface area contributed by atoms with Crippen molar-refractivity contribution in [1.29, 1.82) is 0 Å². The highest BCUT2D eigenvalue weighted by Gasteiger charge is 2.39. The molecule has 0 saturated heterocycles. The van der Waals surface area contributed by atoms with Gasteiger partial charge < -0.3 is 10.1 Å². The van der Waals surface area contributed by atoms with Gasteiger partial charge in [0.1, 0.15) is 5.75 Å². The van der Waals surface area contributed by atoms with Crippen molar-refractivity contribution in [1.82, 2.24) is 0 Å². The quantitative estimate of drug-likeness (QED) is 0.887. The number of amides is 1. The van der Waals surface area contributed by atoms with Gasteiger partial charge in [0.05, 0.1) is 10.7 Å². The summed E-state index contributed by atoms with van der Waals surface area (Å²) in [5.41, 5.74) is 0.668. The fraction of sp³-hybridized carbons (Fsp3) is 0.235. The van der Waals surface area contributed by atoms with Crippen LogP contribution in [0.1, 0.15) is 13.3 Å². The van der Waals surface area contributed by atoms with E-state index in [2.05, 4.69) is 12.2 Å². The zero-order valence-corrected chi connectivity index (χ0v) is 12.4. The van der Waals surface area contributed by atoms with E-state index in [0.29, 0.717) is 28.1 Å². The van der Waals surface area contributed by atoms with Crippen molar-refractivity contribution in [2.75, 3.05) is 5.32 Å². The van der Waals surface area contributed by atoms with Crippen LogP contribution in [0.15, 0.2) is 48.5 Å². The Morgan fingerprint density at radius 3 is 2.43 bits per heavy atom. The van der Waals surface area contributed by atoms with Crippen LogP contribution in [0.25, 0.3) is 0 Å². The smallest absolute Gasteiger partial charge is 0.227 e. The third-order valence-electron chi connectivity index (χ3n) is 3.65. The second kappa shape index (κ2) is 5.78. The highest BCUT2D eigenvalue weighted by molar-refractivity contribution is 6.32. The molecule has 1 amide bonds. The highest BCUT2D eigenvalue weighted by atomic mass is 35.5. The number of nitrogens with one attached hydrogen (secondary N) is 1. The van der Waals surface area contributed by atoms with Crippen LogP contribution >= 0.6 is 11.6 Å². The Labute approximate surface area is 128 Å². The first-order valence-corrected chi connectivity index (χ1v) is 7.35. The van der Waals surface area contributed by atoms with E-state index in [-0.39, 0.29) is 11.8 Å². The third-order valence-corrected chi connectivity index (χ3v) is 3.96. The van der Waals surface area contributed by atoms with Gasteiger partial charge in [-0.3, -0.25) is 4.79 Å².